The molecule has 0 N–H and O–H groups in total. The largest absolute Gasteiger partial charge is 0.461 e. The monoisotopic (exact) mass is 300 g/mol. The van der Waals surface area contributed by atoms with Crippen LogP contribution in [-0.2, 0) is 19.1 Å². The highest BCUT2D eigenvalue weighted by Gasteiger charge is 2.41. The van der Waals surface area contributed by atoms with E-state index in [0.717, 1.165) is 12.8 Å². The van der Waals surface area contributed by atoms with E-state index >= 15 is 0 Å². The van der Waals surface area contributed by atoms with Gasteiger partial charge < -0.3 is 9.47 Å². The van der Waals surface area contributed by atoms with Gasteiger partial charge in [-0.3, -0.25) is 9.59 Å². The Labute approximate surface area is 129 Å². The molecular weight excluding hydrogens is 268 g/mol. The van der Waals surface area contributed by atoms with E-state index in [4.69, 9.17) is 9.47 Å². The lowest BCUT2D eigenvalue weighted by Crippen LogP contribution is -2.41. The number of carbonyl (C=O) groups is 2. The molecule has 2 atom stereocenters. The maximum atomic E-state index is 12.3. The average Bonchev–Trinajstić information content (AvgIpc) is 2.40. The Morgan fingerprint density at radius 1 is 0.810 bits per heavy atom. The summed E-state index contributed by atoms with van der Waals surface area (Å²) >= 11 is 0. The Morgan fingerprint density at radius 3 is 1.29 bits per heavy atom. The van der Waals surface area contributed by atoms with E-state index in [-0.39, 0.29) is 24.0 Å². The van der Waals surface area contributed by atoms with Crippen molar-refractivity contribution in [1.29, 1.82) is 0 Å². The van der Waals surface area contributed by atoms with Crippen molar-refractivity contribution < 1.29 is 19.1 Å². The molecule has 0 fully saturated rings. The van der Waals surface area contributed by atoms with Crippen LogP contribution in [0.1, 0.15) is 68.2 Å². The van der Waals surface area contributed by atoms with E-state index in [0.29, 0.717) is 0 Å². The molecule has 0 aromatic heterocycles. The van der Waals surface area contributed by atoms with Gasteiger partial charge in [0.25, 0.3) is 0 Å². The van der Waals surface area contributed by atoms with Gasteiger partial charge in [-0.25, -0.2) is 0 Å². The molecular formula is C17H32O4. The zero-order valence-corrected chi connectivity index (χ0v) is 14.9. The molecule has 0 bridgehead atoms. The van der Waals surface area contributed by atoms with Crippen molar-refractivity contribution in [1.82, 2.24) is 0 Å². The normalized spacial score (nSPS) is 15.0. The lowest BCUT2D eigenvalue weighted by molar-refractivity contribution is -0.178. The maximum absolute atomic E-state index is 12.3. The second-order valence-corrected chi connectivity index (χ2v) is 6.82. The Kier molecular flexibility index (Phi) is 7.98. The van der Waals surface area contributed by atoms with Gasteiger partial charge in [-0.05, 0) is 38.5 Å². The molecule has 4 heteroatoms. The predicted octanol–water partition coefficient (Wildman–Crippen LogP) is 3.97. The standard InChI is InChI=1S/C17H32O4/c1-9-13(11(3)4)20-15(18)17(7,8)16(19)21-14(10-2)12(5)6/h11-14H,9-10H2,1-8H3. The SMILES string of the molecule is CCC(OC(=O)C(C)(C)C(=O)OC(CC)C(C)C)C(C)C. The van der Waals surface area contributed by atoms with Gasteiger partial charge in [0.1, 0.15) is 12.2 Å². The van der Waals surface area contributed by atoms with E-state index in [1.165, 1.54) is 0 Å². The van der Waals surface area contributed by atoms with Crippen molar-refractivity contribution in [3.05, 3.63) is 0 Å². The minimum atomic E-state index is -1.27. The van der Waals surface area contributed by atoms with E-state index in [9.17, 15) is 9.59 Å². The van der Waals surface area contributed by atoms with Gasteiger partial charge in [-0.1, -0.05) is 41.5 Å². The molecule has 124 valence electrons. The minimum absolute atomic E-state index is 0.170. The van der Waals surface area contributed by atoms with Crippen LogP contribution in [0.25, 0.3) is 0 Å². The highest BCUT2D eigenvalue weighted by Crippen LogP contribution is 2.25. The van der Waals surface area contributed by atoms with Crippen LogP contribution in [0.15, 0.2) is 0 Å². The average molecular weight is 300 g/mol. The fourth-order valence-corrected chi connectivity index (χ4v) is 2.03. The van der Waals surface area contributed by atoms with Gasteiger partial charge in [0, 0.05) is 0 Å². The van der Waals surface area contributed by atoms with Gasteiger partial charge in [0.05, 0.1) is 0 Å². The topological polar surface area (TPSA) is 52.6 Å². The van der Waals surface area contributed by atoms with Crippen LogP contribution >= 0.6 is 0 Å². The molecule has 0 rings (SSSR count). The van der Waals surface area contributed by atoms with Crippen LogP contribution in [-0.4, -0.2) is 24.1 Å². The highest BCUT2D eigenvalue weighted by molar-refractivity contribution is 5.99. The third kappa shape index (κ3) is 5.68. The number of ether oxygens (including phenoxy) is 2. The first-order valence-electron chi connectivity index (χ1n) is 7.99. The summed E-state index contributed by atoms with van der Waals surface area (Å²) in [5, 5.41) is 0. The first-order chi connectivity index (χ1) is 9.57. The predicted molar refractivity (Wildman–Crippen MR) is 83.8 cm³/mol. The zero-order valence-electron chi connectivity index (χ0n) is 14.9. The molecule has 0 aliphatic carbocycles. The Balaban J connectivity index is 4.85. The van der Waals surface area contributed by atoms with E-state index in [1.54, 1.807) is 13.8 Å². The van der Waals surface area contributed by atoms with Crippen molar-refractivity contribution in [2.45, 2.75) is 80.4 Å². The summed E-state index contributed by atoms with van der Waals surface area (Å²) in [7, 11) is 0. The van der Waals surface area contributed by atoms with Crippen LogP contribution in [0.3, 0.4) is 0 Å². The Bertz CT molecular complexity index is 313. The number of hydrogen-bond donors (Lipinski definition) is 0. The van der Waals surface area contributed by atoms with E-state index in [1.807, 2.05) is 41.5 Å². The van der Waals surface area contributed by atoms with Crippen LogP contribution in [0.2, 0.25) is 0 Å². The lowest BCUT2D eigenvalue weighted by Gasteiger charge is -2.28. The van der Waals surface area contributed by atoms with Crippen molar-refractivity contribution in [2.75, 3.05) is 0 Å². The molecule has 0 radical (unpaired) electrons. The summed E-state index contributed by atoms with van der Waals surface area (Å²) in [6.07, 6.45) is 1.13. The zero-order chi connectivity index (χ0) is 16.8. The van der Waals surface area contributed by atoms with E-state index < -0.39 is 17.4 Å². The molecule has 0 saturated heterocycles. The third-order valence-corrected chi connectivity index (χ3v) is 3.83. The fraction of sp³-hybridized carbons (Fsp3) is 0.882. The first kappa shape index (κ1) is 19.9. The van der Waals surface area contributed by atoms with Gasteiger partial charge in [-0.15, -0.1) is 0 Å². The van der Waals surface area contributed by atoms with Crippen LogP contribution in [0.4, 0.5) is 0 Å². The molecule has 2 unspecified atom stereocenters. The van der Waals surface area contributed by atoms with Crippen LogP contribution in [0, 0.1) is 17.3 Å². The molecule has 4 nitrogen and oxygen atoms in total. The minimum Gasteiger partial charge on any atom is -0.461 e. The van der Waals surface area contributed by atoms with Gasteiger partial charge in [0.15, 0.2) is 5.41 Å². The van der Waals surface area contributed by atoms with Crippen molar-refractivity contribution in [3.63, 3.8) is 0 Å². The van der Waals surface area contributed by atoms with Gasteiger partial charge >= 0.3 is 11.9 Å². The molecule has 0 aromatic carbocycles. The molecule has 0 heterocycles. The maximum Gasteiger partial charge on any atom is 0.323 e. The van der Waals surface area contributed by atoms with Crippen LogP contribution in [0.5, 0.6) is 0 Å². The van der Waals surface area contributed by atoms with Gasteiger partial charge in [-0.2, -0.15) is 0 Å². The summed E-state index contributed by atoms with van der Waals surface area (Å²) < 4.78 is 11.0. The number of hydrogen-bond acceptors (Lipinski definition) is 4. The summed E-state index contributed by atoms with van der Waals surface area (Å²) in [5.74, 6) is -0.562. The molecule has 0 aromatic rings. The lowest BCUT2D eigenvalue weighted by atomic mass is 9.93. The number of carbonyl (C=O) groups excluding carboxylic acids is 2. The number of rotatable bonds is 8. The highest BCUT2D eigenvalue weighted by atomic mass is 16.6. The molecule has 0 spiro atoms. The molecule has 21 heavy (non-hydrogen) atoms. The van der Waals surface area contributed by atoms with Crippen molar-refractivity contribution >= 4 is 11.9 Å². The second-order valence-electron chi connectivity index (χ2n) is 6.82. The smallest absolute Gasteiger partial charge is 0.323 e. The molecule has 0 aliphatic heterocycles. The van der Waals surface area contributed by atoms with Crippen LogP contribution < -0.4 is 0 Å². The van der Waals surface area contributed by atoms with Crippen molar-refractivity contribution in [3.8, 4) is 0 Å². The summed E-state index contributed by atoms with van der Waals surface area (Å²) in [6, 6.07) is 0. The summed E-state index contributed by atoms with van der Waals surface area (Å²) in [5.41, 5.74) is -1.27. The Hall–Kier alpha value is -1.06. The second kappa shape index (κ2) is 8.40. The molecule has 0 aliphatic rings. The summed E-state index contributed by atoms with van der Waals surface area (Å²) in [6.45, 7) is 15.1. The molecule has 0 saturated carbocycles. The first-order valence-corrected chi connectivity index (χ1v) is 7.99. The Morgan fingerprint density at radius 2 is 1.10 bits per heavy atom. The molecule has 0 amide bonds. The van der Waals surface area contributed by atoms with Gasteiger partial charge in [0.2, 0.25) is 0 Å². The quantitative estimate of drug-likeness (QED) is 0.503. The number of esters is 2. The summed E-state index contributed by atoms with van der Waals surface area (Å²) in [4.78, 5) is 24.6. The third-order valence-electron chi connectivity index (χ3n) is 3.83. The van der Waals surface area contributed by atoms with Crippen molar-refractivity contribution in [2.24, 2.45) is 17.3 Å². The van der Waals surface area contributed by atoms with E-state index in [2.05, 4.69) is 0 Å². The fourth-order valence-electron chi connectivity index (χ4n) is 2.03.